The van der Waals surface area contributed by atoms with E-state index in [-0.39, 0.29) is 11.5 Å². The van der Waals surface area contributed by atoms with Gasteiger partial charge in [-0.05, 0) is 47.9 Å². The molecule has 0 radical (unpaired) electrons. The van der Waals surface area contributed by atoms with Crippen LogP contribution in [-0.2, 0) is 11.3 Å². The van der Waals surface area contributed by atoms with Crippen LogP contribution in [0.5, 0.6) is 0 Å². The Labute approximate surface area is 177 Å². The molecule has 0 atom stereocenters. The number of hydrogen-bond acceptors (Lipinski definition) is 5. The summed E-state index contributed by atoms with van der Waals surface area (Å²) in [6, 6.07) is 13.2. The second-order valence-corrected chi connectivity index (χ2v) is 6.92. The van der Waals surface area contributed by atoms with Gasteiger partial charge in [-0.3, -0.25) is 9.48 Å². The van der Waals surface area contributed by atoms with E-state index in [2.05, 4.69) is 10.1 Å². The number of benzene rings is 2. The predicted octanol–water partition coefficient (Wildman–Crippen LogP) is 3.56. The number of esters is 1. The highest BCUT2D eigenvalue weighted by molar-refractivity contribution is 6.01. The molecule has 0 saturated heterocycles. The third kappa shape index (κ3) is 4.28. The fourth-order valence-electron chi connectivity index (χ4n) is 3.32. The molecule has 4 aromatic rings. The topological polar surface area (TPSA) is 100 Å². The monoisotopic (exact) mass is 418 g/mol. The third-order valence-electron chi connectivity index (χ3n) is 4.77. The van der Waals surface area contributed by atoms with Gasteiger partial charge in [-0.2, -0.15) is 5.10 Å². The maximum Gasteiger partial charge on any atom is 0.341 e. The van der Waals surface area contributed by atoms with Crippen molar-refractivity contribution in [1.29, 1.82) is 0 Å². The molecule has 156 valence electrons. The number of carbonyl (C=O) groups excluding carboxylic acids is 2. The lowest BCUT2D eigenvalue weighted by Gasteiger charge is -2.11. The smallest absolute Gasteiger partial charge is 0.341 e. The molecule has 0 bridgehead atoms. The maximum absolute atomic E-state index is 13.4. The van der Waals surface area contributed by atoms with Crippen molar-refractivity contribution in [3.8, 4) is 11.1 Å². The van der Waals surface area contributed by atoms with Crippen molar-refractivity contribution >= 4 is 22.8 Å². The molecule has 2 heterocycles. The van der Waals surface area contributed by atoms with E-state index in [1.54, 1.807) is 36.0 Å². The first-order valence-corrected chi connectivity index (χ1v) is 9.63. The molecule has 8 heteroatoms. The number of hydrogen-bond donors (Lipinski definition) is 1. The number of fused-ring (bicyclic) bond motifs is 1. The van der Waals surface area contributed by atoms with Crippen LogP contribution in [-0.4, -0.2) is 33.2 Å². The van der Waals surface area contributed by atoms with Crippen LogP contribution in [0.25, 0.3) is 22.0 Å². The van der Waals surface area contributed by atoms with Crippen molar-refractivity contribution in [2.24, 2.45) is 5.73 Å². The van der Waals surface area contributed by atoms with Gasteiger partial charge in [0.05, 0.1) is 30.4 Å². The third-order valence-corrected chi connectivity index (χ3v) is 4.77. The zero-order valence-corrected chi connectivity index (χ0v) is 16.7. The van der Waals surface area contributed by atoms with Crippen molar-refractivity contribution < 1.29 is 18.7 Å². The summed E-state index contributed by atoms with van der Waals surface area (Å²) in [4.78, 5) is 28.0. The number of primary amides is 1. The van der Waals surface area contributed by atoms with E-state index in [0.717, 1.165) is 22.1 Å². The zero-order valence-electron chi connectivity index (χ0n) is 16.7. The number of nitrogens with zero attached hydrogens (tertiary/aromatic N) is 3. The molecule has 0 spiro atoms. The molecule has 2 aromatic heterocycles. The minimum atomic E-state index is -0.651. The molecule has 0 unspecified atom stereocenters. The Hall–Kier alpha value is -4.07. The molecule has 0 aliphatic rings. The maximum atomic E-state index is 13.4. The van der Waals surface area contributed by atoms with Gasteiger partial charge in [-0.1, -0.05) is 24.3 Å². The van der Waals surface area contributed by atoms with E-state index < -0.39 is 11.9 Å². The molecule has 31 heavy (non-hydrogen) atoms. The first-order chi connectivity index (χ1) is 14.9. The molecule has 7 nitrogen and oxygen atoms in total. The number of aromatic nitrogens is 3. The lowest BCUT2D eigenvalue weighted by molar-refractivity contribution is 0.0526. The van der Waals surface area contributed by atoms with Gasteiger partial charge >= 0.3 is 5.97 Å². The standard InChI is InChI=1S/C23H19FN4O3/c1-2-31-23(30)16-11-26-28(13-16)12-14-3-8-18-19(15-4-6-17(24)7-5-15)10-21(22(25)29)27-20(18)9-14/h3-11,13H,2,12H2,1H3,(H2,25,29). The van der Waals surface area contributed by atoms with E-state index >= 15 is 0 Å². The Morgan fingerprint density at radius 1 is 1.13 bits per heavy atom. The highest BCUT2D eigenvalue weighted by Crippen LogP contribution is 2.29. The first kappa shape index (κ1) is 20.2. The van der Waals surface area contributed by atoms with E-state index in [1.807, 2.05) is 18.2 Å². The summed E-state index contributed by atoms with van der Waals surface area (Å²) >= 11 is 0. The molecule has 0 fully saturated rings. The van der Waals surface area contributed by atoms with Crippen LogP contribution in [0.2, 0.25) is 0 Å². The number of rotatable bonds is 6. The summed E-state index contributed by atoms with van der Waals surface area (Å²) in [5, 5.41) is 5.00. The molecule has 2 N–H and O–H groups in total. The van der Waals surface area contributed by atoms with E-state index in [4.69, 9.17) is 10.5 Å². The predicted molar refractivity (Wildman–Crippen MR) is 113 cm³/mol. The molecule has 0 saturated carbocycles. The molecule has 0 aliphatic carbocycles. The van der Waals surface area contributed by atoms with Gasteiger partial charge in [0, 0.05) is 11.6 Å². The van der Waals surface area contributed by atoms with Gasteiger partial charge in [-0.25, -0.2) is 14.2 Å². The molecular formula is C23H19FN4O3. The van der Waals surface area contributed by atoms with Gasteiger partial charge in [-0.15, -0.1) is 0 Å². The summed E-state index contributed by atoms with van der Waals surface area (Å²) in [6.45, 7) is 2.42. The zero-order chi connectivity index (χ0) is 22.0. The van der Waals surface area contributed by atoms with Crippen LogP contribution in [0.3, 0.4) is 0 Å². The lowest BCUT2D eigenvalue weighted by atomic mass is 9.98. The number of pyridine rings is 1. The van der Waals surface area contributed by atoms with Crippen LogP contribution in [0.1, 0.15) is 33.3 Å². The largest absolute Gasteiger partial charge is 0.462 e. The SMILES string of the molecule is CCOC(=O)c1cnn(Cc2ccc3c(-c4ccc(F)cc4)cc(C(N)=O)nc3c2)c1. The summed E-state index contributed by atoms with van der Waals surface area (Å²) in [5.74, 6) is -1.42. The van der Waals surface area contributed by atoms with Crippen molar-refractivity contribution in [2.45, 2.75) is 13.5 Å². The van der Waals surface area contributed by atoms with Crippen LogP contribution in [0.4, 0.5) is 4.39 Å². The summed E-state index contributed by atoms with van der Waals surface area (Å²) in [5.41, 5.74) is 8.88. The van der Waals surface area contributed by atoms with E-state index in [0.29, 0.717) is 24.2 Å². The van der Waals surface area contributed by atoms with Gasteiger partial charge in [0.2, 0.25) is 0 Å². The second kappa shape index (κ2) is 8.35. The number of ether oxygens (including phenoxy) is 1. The van der Waals surface area contributed by atoms with Crippen LogP contribution in [0, 0.1) is 5.82 Å². The summed E-state index contributed by atoms with van der Waals surface area (Å²) in [6.07, 6.45) is 3.06. The average Bonchev–Trinajstić information content (AvgIpc) is 3.22. The van der Waals surface area contributed by atoms with Gasteiger partial charge in [0.1, 0.15) is 11.5 Å². The number of carbonyl (C=O) groups is 2. The van der Waals surface area contributed by atoms with Crippen molar-refractivity contribution in [2.75, 3.05) is 6.61 Å². The Balaban J connectivity index is 1.72. The molecule has 2 aromatic carbocycles. The van der Waals surface area contributed by atoms with Crippen LogP contribution in [0.15, 0.2) is 60.9 Å². The van der Waals surface area contributed by atoms with E-state index in [9.17, 15) is 14.0 Å². The Kier molecular flexibility index (Phi) is 5.44. The van der Waals surface area contributed by atoms with Gasteiger partial charge in [0.15, 0.2) is 0 Å². The second-order valence-electron chi connectivity index (χ2n) is 6.92. The van der Waals surface area contributed by atoms with Gasteiger partial charge in [0.25, 0.3) is 5.91 Å². The highest BCUT2D eigenvalue weighted by atomic mass is 19.1. The first-order valence-electron chi connectivity index (χ1n) is 9.63. The molecule has 1 amide bonds. The van der Waals surface area contributed by atoms with Crippen LogP contribution >= 0.6 is 0 Å². The van der Waals surface area contributed by atoms with Crippen molar-refractivity contribution in [3.05, 3.63) is 83.6 Å². The number of nitrogens with two attached hydrogens (primary N) is 1. The molecule has 4 rings (SSSR count). The normalized spacial score (nSPS) is 10.9. The quantitative estimate of drug-likeness (QED) is 0.483. The minimum Gasteiger partial charge on any atom is -0.462 e. The molecule has 0 aliphatic heterocycles. The Morgan fingerprint density at radius 3 is 2.61 bits per heavy atom. The fraction of sp³-hybridized carbons (Fsp3) is 0.130. The number of halogens is 1. The Morgan fingerprint density at radius 2 is 1.90 bits per heavy atom. The highest BCUT2D eigenvalue weighted by Gasteiger charge is 2.13. The Bertz CT molecular complexity index is 1280. The minimum absolute atomic E-state index is 0.118. The van der Waals surface area contributed by atoms with Gasteiger partial charge < -0.3 is 10.5 Å². The number of amides is 1. The summed E-state index contributed by atoms with van der Waals surface area (Å²) in [7, 11) is 0. The lowest BCUT2D eigenvalue weighted by Crippen LogP contribution is -2.13. The average molecular weight is 418 g/mol. The van der Waals surface area contributed by atoms with E-state index in [1.165, 1.54) is 18.3 Å². The van der Waals surface area contributed by atoms with Crippen molar-refractivity contribution in [1.82, 2.24) is 14.8 Å². The van der Waals surface area contributed by atoms with Crippen molar-refractivity contribution in [3.63, 3.8) is 0 Å². The molecular weight excluding hydrogens is 399 g/mol. The van der Waals surface area contributed by atoms with Crippen LogP contribution < -0.4 is 5.73 Å². The fourth-order valence-corrected chi connectivity index (χ4v) is 3.32. The summed E-state index contributed by atoms with van der Waals surface area (Å²) < 4.78 is 19.9.